The van der Waals surface area contributed by atoms with Crippen LogP contribution in [0.4, 0.5) is 10.5 Å². The van der Waals surface area contributed by atoms with Crippen LogP contribution in [0.2, 0.25) is 0 Å². The Labute approximate surface area is 178 Å². The van der Waals surface area contributed by atoms with E-state index >= 15 is 0 Å². The summed E-state index contributed by atoms with van der Waals surface area (Å²) >= 11 is 0. The van der Waals surface area contributed by atoms with Crippen LogP contribution in [0.3, 0.4) is 0 Å². The van der Waals surface area contributed by atoms with Crippen LogP contribution in [-0.4, -0.2) is 47.9 Å². The van der Waals surface area contributed by atoms with Gasteiger partial charge in [0.25, 0.3) is 5.91 Å². The molecule has 1 fully saturated rings. The number of anilines is 1. The molecule has 6 heteroatoms. The largest absolute Gasteiger partial charge is 0.352 e. The van der Waals surface area contributed by atoms with Crippen molar-refractivity contribution in [2.75, 3.05) is 31.5 Å². The molecule has 0 bridgehead atoms. The Hall–Kier alpha value is -2.86. The number of hydrogen-bond acceptors (Lipinski definition) is 3. The standard InChI is InChI=1S/C24H30N4O2/c29-23(25-13-6-16-27-14-4-1-5-15-27)19-9-11-22(12-10-19)26-24(30)28-17-20-7-2-3-8-21(20)18-28/h2-3,7-12H,1,4-6,13-18H2,(H,25,29)(H,26,30). The molecule has 0 radical (unpaired) electrons. The number of hydrogen-bond donors (Lipinski definition) is 2. The van der Waals surface area contributed by atoms with E-state index < -0.39 is 0 Å². The van der Waals surface area contributed by atoms with Crippen molar-refractivity contribution in [3.05, 3.63) is 65.2 Å². The summed E-state index contributed by atoms with van der Waals surface area (Å²) in [5.74, 6) is -0.0680. The van der Waals surface area contributed by atoms with E-state index in [0.717, 1.165) is 13.0 Å². The molecule has 0 aromatic heterocycles. The first-order valence-corrected chi connectivity index (χ1v) is 10.9. The molecule has 6 nitrogen and oxygen atoms in total. The fourth-order valence-corrected chi connectivity index (χ4v) is 4.17. The smallest absolute Gasteiger partial charge is 0.322 e. The Kier molecular flexibility index (Phi) is 6.64. The number of fused-ring (bicyclic) bond motifs is 1. The van der Waals surface area contributed by atoms with Crippen molar-refractivity contribution in [1.82, 2.24) is 15.1 Å². The molecule has 158 valence electrons. The second kappa shape index (κ2) is 9.76. The van der Waals surface area contributed by atoms with E-state index in [9.17, 15) is 9.59 Å². The van der Waals surface area contributed by atoms with Gasteiger partial charge in [0, 0.05) is 30.9 Å². The zero-order chi connectivity index (χ0) is 20.8. The van der Waals surface area contributed by atoms with Crippen LogP contribution < -0.4 is 10.6 Å². The molecule has 0 spiro atoms. The summed E-state index contributed by atoms with van der Waals surface area (Å²) in [6.45, 7) is 5.35. The maximum Gasteiger partial charge on any atom is 0.322 e. The van der Waals surface area contributed by atoms with Crippen LogP contribution in [0, 0.1) is 0 Å². The monoisotopic (exact) mass is 406 g/mol. The van der Waals surface area contributed by atoms with Crippen molar-refractivity contribution in [2.24, 2.45) is 0 Å². The van der Waals surface area contributed by atoms with Gasteiger partial charge in [0.2, 0.25) is 0 Å². The van der Waals surface area contributed by atoms with Crippen LogP contribution in [-0.2, 0) is 13.1 Å². The van der Waals surface area contributed by atoms with E-state index in [-0.39, 0.29) is 11.9 Å². The third-order valence-corrected chi connectivity index (χ3v) is 5.91. The van der Waals surface area contributed by atoms with Crippen molar-refractivity contribution in [1.29, 1.82) is 0 Å². The first kappa shape index (κ1) is 20.4. The molecule has 4 rings (SSSR count). The first-order valence-electron chi connectivity index (χ1n) is 10.9. The van der Waals surface area contributed by atoms with Gasteiger partial charge in [0.15, 0.2) is 0 Å². The molecular formula is C24H30N4O2. The lowest BCUT2D eigenvalue weighted by atomic mass is 10.1. The maximum atomic E-state index is 12.5. The minimum Gasteiger partial charge on any atom is -0.352 e. The van der Waals surface area contributed by atoms with E-state index in [4.69, 9.17) is 0 Å². The first-order chi connectivity index (χ1) is 14.7. The molecule has 30 heavy (non-hydrogen) atoms. The predicted molar refractivity (Wildman–Crippen MR) is 118 cm³/mol. The van der Waals surface area contributed by atoms with Gasteiger partial charge < -0.3 is 20.4 Å². The SMILES string of the molecule is O=C(NCCCN1CCCCC1)c1ccc(NC(=O)N2Cc3ccccc3C2)cc1. The van der Waals surface area contributed by atoms with Gasteiger partial charge in [-0.3, -0.25) is 4.79 Å². The van der Waals surface area contributed by atoms with Gasteiger partial charge in [0.1, 0.15) is 0 Å². The summed E-state index contributed by atoms with van der Waals surface area (Å²) in [6.07, 6.45) is 4.90. The Morgan fingerprint density at radius 3 is 2.20 bits per heavy atom. The van der Waals surface area contributed by atoms with Gasteiger partial charge in [-0.1, -0.05) is 30.7 Å². The zero-order valence-electron chi connectivity index (χ0n) is 17.4. The summed E-state index contributed by atoms with van der Waals surface area (Å²) in [5.41, 5.74) is 3.69. The topological polar surface area (TPSA) is 64.7 Å². The van der Waals surface area contributed by atoms with E-state index in [1.54, 1.807) is 29.2 Å². The number of carbonyl (C=O) groups excluding carboxylic acids is 2. The molecule has 2 aromatic rings. The van der Waals surface area contributed by atoms with E-state index in [1.807, 2.05) is 12.1 Å². The molecule has 2 heterocycles. The average molecular weight is 407 g/mol. The normalized spacial score (nSPS) is 16.2. The number of amides is 3. The van der Waals surface area contributed by atoms with Crippen molar-refractivity contribution < 1.29 is 9.59 Å². The van der Waals surface area contributed by atoms with E-state index in [1.165, 1.54) is 43.5 Å². The third-order valence-electron chi connectivity index (χ3n) is 5.91. The Bertz CT molecular complexity index is 850. The second-order valence-electron chi connectivity index (χ2n) is 8.14. The van der Waals surface area contributed by atoms with E-state index in [0.29, 0.717) is 30.9 Å². The summed E-state index contributed by atoms with van der Waals surface area (Å²) in [5, 5.41) is 5.92. The number of urea groups is 1. The van der Waals surface area contributed by atoms with Gasteiger partial charge in [-0.25, -0.2) is 4.79 Å². The molecule has 2 aliphatic heterocycles. The quantitative estimate of drug-likeness (QED) is 0.717. The Morgan fingerprint density at radius 1 is 0.867 bits per heavy atom. The summed E-state index contributed by atoms with van der Waals surface area (Å²) in [7, 11) is 0. The lowest BCUT2D eigenvalue weighted by Gasteiger charge is -2.26. The van der Waals surface area contributed by atoms with Crippen molar-refractivity contribution >= 4 is 17.6 Å². The van der Waals surface area contributed by atoms with Gasteiger partial charge in [-0.15, -0.1) is 0 Å². The fraction of sp³-hybridized carbons (Fsp3) is 0.417. The second-order valence-corrected chi connectivity index (χ2v) is 8.14. The minimum atomic E-state index is -0.124. The number of piperidine rings is 1. The summed E-state index contributed by atoms with van der Waals surface area (Å²) in [6, 6.07) is 15.1. The molecule has 1 saturated heterocycles. The number of nitrogens with one attached hydrogen (secondary N) is 2. The maximum absolute atomic E-state index is 12.5. The Morgan fingerprint density at radius 2 is 1.53 bits per heavy atom. The third kappa shape index (κ3) is 5.19. The highest BCUT2D eigenvalue weighted by atomic mass is 16.2. The molecule has 2 aromatic carbocycles. The molecule has 0 saturated carbocycles. The van der Waals surface area contributed by atoms with Crippen molar-refractivity contribution in [3.63, 3.8) is 0 Å². The molecule has 3 amide bonds. The van der Waals surface area contributed by atoms with Gasteiger partial charge >= 0.3 is 6.03 Å². The Balaban J connectivity index is 1.21. The highest BCUT2D eigenvalue weighted by Crippen LogP contribution is 2.23. The van der Waals surface area contributed by atoms with Gasteiger partial charge in [-0.05, 0) is 74.3 Å². The highest BCUT2D eigenvalue weighted by molar-refractivity contribution is 5.95. The molecule has 0 unspecified atom stereocenters. The van der Waals surface area contributed by atoms with Crippen LogP contribution >= 0.6 is 0 Å². The lowest BCUT2D eigenvalue weighted by Crippen LogP contribution is -2.33. The molecule has 0 aliphatic carbocycles. The molecule has 2 N–H and O–H groups in total. The van der Waals surface area contributed by atoms with Crippen molar-refractivity contribution in [2.45, 2.75) is 38.8 Å². The van der Waals surface area contributed by atoms with Gasteiger partial charge in [0.05, 0.1) is 0 Å². The number of likely N-dealkylation sites (tertiary alicyclic amines) is 1. The van der Waals surface area contributed by atoms with Crippen LogP contribution in [0.1, 0.15) is 47.2 Å². The van der Waals surface area contributed by atoms with Gasteiger partial charge in [-0.2, -0.15) is 0 Å². The number of nitrogens with zero attached hydrogens (tertiary/aromatic N) is 2. The lowest BCUT2D eigenvalue weighted by molar-refractivity contribution is 0.0951. The minimum absolute atomic E-state index is 0.0680. The summed E-state index contributed by atoms with van der Waals surface area (Å²) < 4.78 is 0. The molecular weight excluding hydrogens is 376 g/mol. The van der Waals surface area contributed by atoms with Crippen LogP contribution in [0.25, 0.3) is 0 Å². The van der Waals surface area contributed by atoms with Crippen LogP contribution in [0.15, 0.2) is 48.5 Å². The highest BCUT2D eigenvalue weighted by Gasteiger charge is 2.22. The van der Waals surface area contributed by atoms with Crippen LogP contribution in [0.5, 0.6) is 0 Å². The number of carbonyl (C=O) groups is 2. The number of benzene rings is 2. The molecule has 2 aliphatic rings. The average Bonchev–Trinajstić information content (AvgIpc) is 3.22. The predicted octanol–water partition coefficient (Wildman–Crippen LogP) is 3.84. The number of rotatable bonds is 6. The summed E-state index contributed by atoms with van der Waals surface area (Å²) in [4.78, 5) is 29.1. The molecule has 0 atom stereocenters. The fourth-order valence-electron chi connectivity index (χ4n) is 4.17. The zero-order valence-corrected chi connectivity index (χ0v) is 17.4. The van der Waals surface area contributed by atoms with Crippen molar-refractivity contribution in [3.8, 4) is 0 Å². The van der Waals surface area contributed by atoms with E-state index in [2.05, 4.69) is 27.7 Å².